The van der Waals surface area contributed by atoms with Crippen molar-refractivity contribution in [3.05, 3.63) is 60.2 Å². The zero-order chi connectivity index (χ0) is 25.7. The predicted molar refractivity (Wildman–Crippen MR) is 131 cm³/mol. The quantitative estimate of drug-likeness (QED) is 0.512. The largest absolute Gasteiger partial charge is 0.465 e. The average Bonchev–Trinajstić information content (AvgIpc) is 3.24. The maximum absolute atomic E-state index is 14.3. The summed E-state index contributed by atoms with van der Waals surface area (Å²) in [5, 5.41) is 10.5. The lowest BCUT2D eigenvalue weighted by atomic mass is 9.78. The third kappa shape index (κ3) is 3.78. The number of carbonyl (C=O) groups excluding carboxylic acids is 3. The van der Waals surface area contributed by atoms with Crippen LogP contribution in [0.4, 0.5) is 0 Å². The minimum Gasteiger partial charge on any atom is -0.465 e. The van der Waals surface area contributed by atoms with Crippen molar-refractivity contribution in [2.24, 2.45) is 11.8 Å². The number of likely N-dealkylation sites (tertiary alicyclic amines) is 1. The molecule has 1 aromatic rings. The molecule has 0 radical (unpaired) electrons. The highest BCUT2D eigenvalue weighted by molar-refractivity contribution is 5.99. The molecule has 2 amide bonds. The standard InChI is InChI=1S/C28H34N2O6/c1-27(2,3)29-15-10-14-28-22(21-20(36-28)13-8-5-9-16-35-26(21)34)24(32)30(23(28)25(29)33)19(17-31)18-11-6-4-7-12-18/h4,6-8,10-14,19-23,31H,5,9,15-17H2,1-3H3/b13-8-/t19-,20-,21+,22+,23?,28+/m1/s1. The maximum atomic E-state index is 14.3. The van der Waals surface area contributed by atoms with Gasteiger partial charge in [0.25, 0.3) is 0 Å². The molecule has 192 valence electrons. The molecule has 0 bridgehead atoms. The second kappa shape index (κ2) is 9.16. The van der Waals surface area contributed by atoms with Crippen molar-refractivity contribution >= 4 is 17.8 Å². The molecule has 8 nitrogen and oxygen atoms in total. The van der Waals surface area contributed by atoms with E-state index in [1.165, 1.54) is 4.90 Å². The van der Waals surface area contributed by atoms with Gasteiger partial charge in [-0.3, -0.25) is 14.4 Å². The van der Waals surface area contributed by atoms with E-state index in [9.17, 15) is 19.5 Å². The average molecular weight is 495 g/mol. The highest BCUT2D eigenvalue weighted by Gasteiger charge is 2.72. The van der Waals surface area contributed by atoms with Crippen LogP contribution in [0.1, 0.15) is 45.2 Å². The number of aliphatic hydroxyl groups excluding tert-OH is 1. The van der Waals surface area contributed by atoms with E-state index in [0.29, 0.717) is 18.5 Å². The SMILES string of the molecule is CC(C)(C)N1CC=C[C@]23O[C@@H]4/C=C\CCCOC(=O)[C@@H]4[C@H]2C(=O)N([C@H](CO)c2ccccc2)C3C1=O. The molecule has 1 aromatic carbocycles. The summed E-state index contributed by atoms with van der Waals surface area (Å²) in [4.78, 5) is 45.1. The summed E-state index contributed by atoms with van der Waals surface area (Å²) in [7, 11) is 0. The van der Waals surface area contributed by atoms with Crippen molar-refractivity contribution in [1.29, 1.82) is 0 Å². The van der Waals surface area contributed by atoms with E-state index in [0.717, 1.165) is 6.42 Å². The number of hydrogen-bond acceptors (Lipinski definition) is 6. The van der Waals surface area contributed by atoms with Gasteiger partial charge >= 0.3 is 5.97 Å². The monoisotopic (exact) mass is 494 g/mol. The number of allylic oxidation sites excluding steroid dienone is 1. The van der Waals surface area contributed by atoms with Crippen LogP contribution in [0, 0.1) is 11.8 Å². The van der Waals surface area contributed by atoms with Crippen molar-refractivity contribution < 1.29 is 29.0 Å². The summed E-state index contributed by atoms with van der Waals surface area (Å²) >= 11 is 0. The summed E-state index contributed by atoms with van der Waals surface area (Å²) in [6.07, 6.45) is 8.21. The Kier molecular flexibility index (Phi) is 6.29. The molecule has 0 saturated carbocycles. The number of carbonyl (C=O) groups is 3. The predicted octanol–water partition coefficient (Wildman–Crippen LogP) is 2.39. The molecular weight excluding hydrogens is 460 g/mol. The zero-order valence-corrected chi connectivity index (χ0v) is 21.0. The lowest BCUT2D eigenvalue weighted by Crippen LogP contribution is -2.59. The fraction of sp³-hybridized carbons (Fsp3) is 0.536. The van der Waals surface area contributed by atoms with E-state index in [4.69, 9.17) is 9.47 Å². The van der Waals surface area contributed by atoms with Crippen molar-refractivity contribution in [2.75, 3.05) is 19.8 Å². The van der Waals surface area contributed by atoms with Crippen LogP contribution in [0.3, 0.4) is 0 Å². The smallest absolute Gasteiger partial charge is 0.312 e. The molecule has 5 rings (SSSR count). The number of fused-ring (bicyclic) bond motifs is 2. The Bertz CT molecular complexity index is 1090. The van der Waals surface area contributed by atoms with E-state index in [1.807, 2.05) is 75.4 Å². The van der Waals surface area contributed by atoms with Gasteiger partial charge in [-0.05, 0) is 39.2 Å². The fourth-order valence-corrected chi connectivity index (χ4v) is 6.16. The number of rotatable bonds is 3. The van der Waals surface area contributed by atoms with Crippen LogP contribution in [0.15, 0.2) is 54.6 Å². The second-order valence-electron chi connectivity index (χ2n) is 11.0. The molecular formula is C28H34N2O6. The molecule has 1 unspecified atom stereocenters. The third-order valence-electron chi connectivity index (χ3n) is 7.79. The number of benzene rings is 1. The van der Waals surface area contributed by atoms with Gasteiger partial charge in [-0.2, -0.15) is 0 Å². The Hall–Kier alpha value is -2.97. The normalized spacial score (nSPS) is 34.1. The third-order valence-corrected chi connectivity index (χ3v) is 7.79. The molecule has 8 heteroatoms. The molecule has 4 aliphatic heterocycles. The minimum absolute atomic E-state index is 0.262. The highest BCUT2D eigenvalue weighted by atomic mass is 16.6. The molecule has 4 heterocycles. The van der Waals surface area contributed by atoms with Gasteiger partial charge in [0.05, 0.1) is 31.3 Å². The lowest BCUT2D eigenvalue weighted by molar-refractivity contribution is -0.157. The number of aliphatic hydroxyl groups is 1. The summed E-state index contributed by atoms with van der Waals surface area (Å²) < 4.78 is 12.2. The molecule has 6 atom stereocenters. The molecule has 1 N–H and O–H groups in total. The van der Waals surface area contributed by atoms with Crippen LogP contribution in [0.2, 0.25) is 0 Å². The van der Waals surface area contributed by atoms with E-state index in [2.05, 4.69) is 0 Å². The van der Waals surface area contributed by atoms with Crippen LogP contribution in [-0.4, -0.2) is 75.7 Å². The molecule has 0 aromatic heterocycles. The van der Waals surface area contributed by atoms with Crippen molar-refractivity contribution in [2.45, 2.75) is 62.9 Å². The Labute approximate surface area is 211 Å². The first kappa shape index (κ1) is 24.7. The van der Waals surface area contributed by atoms with Crippen LogP contribution < -0.4 is 0 Å². The Morgan fingerprint density at radius 2 is 1.86 bits per heavy atom. The van der Waals surface area contributed by atoms with Crippen LogP contribution in [0.5, 0.6) is 0 Å². The molecule has 36 heavy (non-hydrogen) atoms. The molecule has 4 aliphatic rings. The zero-order valence-electron chi connectivity index (χ0n) is 21.0. The van der Waals surface area contributed by atoms with Gasteiger partial charge in [0.15, 0.2) is 0 Å². The number of cyclic esters (lactones) is 1. The number of amides is 2. The van der Waals surface area contributed by atoms with E-state index in [1.54, 1.807) is 4.90 Å². The Balaban J connectivity index is 1.69. The van der Waals surface area contributed by atoms with Crippen molar-refractivity contribution in [3.8, 4) is 0 Å². The maximum Gasteiger partial charge on any atom is 0.312 e. The molecule has 1 spiro atoms. The summed E-state index contributed by atoms with van der Waals surface area (Å²) in [6, 6.07) is 7.36. The van der Waals surface area contributed by atoms with Gasteiger partial charge < -0.3 is 24.4 Å². The Morgan fingerprint density at radius 3 is 2.56 bits per heavy atom. The van der Waals surface area contributed by atoms with Crippen LogP contribution >= 0.6 is 0 Å². The summed E-state index contributed by atoms with van der Waals surface area (Å²) in [5.41, 5.74) is -1.16. The molecule has 2 saturated heterocycles. The number of esters is 1. The first-order valence-electron chi connectivity index (χ1n) is 12.7. The lowest BCUT2D eigenvalue weighted by Gasteiger charge is -2.42. The fourth-order valence-electron chi connectivity index (χ4n) is 6.16. The van der Waals surface area contributed by atoms with Gasteiger partial charge in [0.1, 0.15) is 17.6 Å². The van der Waals surface area contributed by atoms with Gasteiger partial charge in [-0.1, -0.05) is 54.6 Å². The molecule has 0 aliphatic carbocycles. The van der Waals surface area contributed by atoms with Gasteiger partial charge in [-0.15, -0.1) is 0 Å². The minimum atomic E-state index is -1.35. The number of hydrogen-bond donors (Lipinski definition) is 1. The van der Waals surface area contributed by atoms with Gasteiger partial charge in [0.2, 0.25) is 11.8 Å². The van der Waals surface area contributed by atoms with Crippen LogP contribution in [0.25, 0.3) is 0 Å². The second-order valence-corrected chi connectivity index (χ2v) is 11.0. The first-order chi connectivity index (χ1) is 17.2. The Morgan fingerprint density at radius 1 is 1.11 bits per heavy atom. The summed E-state index contributed by atoms with van der Waals surface area (Å²) in [6.45, 7) is 6.09. The highest BCUT2D eigenvalue weighted by Crippen LogP contribution is 2.55. The number of ether oxygens (including phenoxy) is 2. The number of nitrogens with zero attached hydrogens (tertiary/aromatic N) is 2. The van der Waals surface area contributed by atoms with Gasteiger partial charge in [0, 0.05) is 12.1 Å². The van der Waals surface area contributed by atoms with E-state index >= 15 is 0 Å². The van der Waals surface area contributed by atoms with E-state index < -0.39 is 47.1 Å². The van der Waals surface area contributed by atoms with Gasteiger partial charge in [-0.25, -0.2) is 0 Å². The molecule has 2 fully saturated rings. The van der Waals surface area contributed by atoms with Crippen molar-refractivity contribution in [1.82, 2.24) is 9.80 Å². The topological polar surface area (TPSA) is 96.4 Å². The van der Waals surface area contributed by atoms with E-state index in [-0.39, 0.29) is 25.0 Å². The van der Waals surface area contributed by atoms with Crippen molar-refractivity contribution in [3.63, 3.8) is 0 Å². The summed E-state index contributed by atoms with van der Waals surface area (Å²) in [5.74, 6) is -2.95. The first-order valence-corrected chi connectivity index (χ1v) is 12.7. The van der Waals surface area contributed by atoms with Crippen LogP contribution in [-0.2, 0) is 23.9 Å².